The number of benzene rings is 2. The van der Waals surface area contributed by atoms with Gasteiger partial charge in [-0.2, -0.15) is 0 Å². The van der Waals surface area contributed by atoms with Crippen LogP contribution < -0.4 is 4.90 Å². The Morgan fingerprint density at radius 1 is 0.958 bits per heavy atom. The van der Waals surface area contributed by atoms with E-state index in [9.17, 15) is 5.11 Å². The van der Waals surface area contributed by atoms with E-state index >= 15 is 0 Å². The molecule has 0 atom stereocenters. The molecule has 0 amide bonds. The second-order valence-electron chi connectivity index (χ2n) is 5.33. The van der Waals surface area contributed by atoms with Crippen molar-refractivity contribution in [3.63, 3.8) is 0 Å². The molecule has 0 bridgehead atoms. The summed E-state index contributed by atoms with van der Waals surface area (Å²) in [4.78, 5) is 6.39. The van der Waals surface area contributed by atoms with E-state index in [0.717, 1.165) is 17.1 Å². The average molecular weight is 382 g/mol. The third-order valence-corrected chi connectivity index (χ3v) is 4.59. The minimum absolute atomic E-state index is 0.225. The molecule has 8 heteroatoms. The lowest BCUT2D eigenvalue weighted by Gasteiger charge is -2.31. The smallest absolute Gasteiger partial charge is 0.176 e. The quantitative estimate of drug-likeness (QED) is 0.716. The van der Waals surface area contributed by atoms with Crippen LogP contribution >= 0.6 is 34.8 Å². The molecule has 2 heterocycles. The van der Waals surface area contributed by atoms with Gasteiger partial charge in [-0.1, -0.05) is 34.8 Å². The van der Waals surface area contributed by atoms with Crippen LogP contribution in [0.5, 0.6) is 0 Å². The van der Waals surface area contributed by atoms with Crippen LogP contribution in [0, 0.1) is 0 Å². The van der Waals surface area contributed by atoms with Crippen molar-refractivity contribution in [2.24, 2.45) is 0 Å². The first-order chi connectivity index (χ1) is 11.6. The van der Waals surface area contributed by atoms with Crippen molar-refractivity contribution in [3.05, 3.63) is 63.1 Å². The fourth-order valence-electron chi connectivity index (χ4n) is 2.79. The van der Waals surface area contributed by atoms with E-state index < -0.39 is 0 Å². The summed E-state index contributed by atoms with van der Waals surface area (Å²) in [5.41, 5.74) is 2.48. The minimum atomic E-state index is -0.225. The van der Waals surface area contributed by atoms with Crippen molar-refractivity contribution in [1.82, 2.24) is 14.8 Å². The van der Waals surface area contributed by atoms with Crippen LogP contribution in [0.4, 0.5) is 11.4 Å². The highest BCUT2D eigenvalue weighted by Gasteiger charge is 2.27. The van der Waals surface area contributed by atoms with Crippen LogP contribution in [-0.4, -0.2) is 19.9 Å². The molecule has 0 saturated carbocycles. The highest BCUT2D eigenvalue weighted by atomic mass is 35.5. The Bertz CT molecular complexity index is 941. The summed E-state index contributed by atoms with van der Waals surface area (Å²) in [5.74, 6) is 1.06. The molecule has 2 aromatic carbocycles. The third kappa shape index (κ3) is 2.54. The molecule has 1 aliphatic rings. The van der Waals surface area contributed by atoms with Gasteiger partial charge in [0.1, 0.15) is 6.61 Å². The molecule has 0 unspecified atom stereocenters. The zero-order valence-corrected chi connectivity index (χ0v) is 14.5. The molecule has 1 aliphatic heterocycles. The summed E-state index contributed by atoms with van der Waals surface area (Å²) in [5, 5.41) is 15.4. The molecule has 24 heavy (non-hydrogen) atoms. The molecule has 4 rings (SSSR count). The first-order valence-corrected chi connectivity index (χ1v) is 8.28. The molecule has 0 fully saturated rings. The summed E-state index contributed by atoms with van der Waals surface area (Å²) >= 11 is 18.5. The van der Waals surface area contributed by atoms with Gasteiger partial charge in [-0.25, -0.2) is 9.67 Å². The maximum atomic E-state index is 9.33. The van der Waals surface area contributed by atoms with Gasteiger partial charge in [0.25, 0.3) is 0 Å². The second kappa shape index (κ2) is 5.93. The SMILES string of the molecule is OCc1nc2n(n1)-c1cc(Cl)ccc1N(c1ccc(Cl)cc1Cl)C2. The summed E-state index contributed by atoms with van der Waals surface area (Å²) in [6, 6.07) is 10.9. The van der Waals surface area contributed by atoms with E-state index in [4.69, 9.17) is 34.8 Å². The van der Waals surface area contributed by atoms with Crippen LogP contribution in [-0.2, 0) is 13.2 Å². The Morgan fingerprint density at radius 2 is 1.67 bits per heavy atom. The predicted octanol–water partition coefficient (Wildman–Crippen LogP) is 4.37. The van der Waals surface area contributed by atoms with Crippen molar-refractivity contribution in [2.45, 2.75) is 13.2 Å². The van der Waals surface area contributed by atoms with Gasteiger partial charge in [0, 0.05) is 10.0 Å². The van der Waals surface area contributed by atoms with Crippen LogP contribution in [0.15, 0.2) is 36.4 Å². The molecule has 0 spiro atoms. The molecular formula is C16H11Cl3N4O. The summed E-state index contributed by atoms with van der Waals surface area (Å²) in [6.45, 7) is 0.237. The van der Waals surface area contributed by atoms with E-state index in [2.05, 4.69) is 10.1 Å². The van der Waals surface area contributed by atoms with Gasteiger partial charge in [0.15, 0.2) is 11.6 Å². The molecule has 1 aromatic heterocycles. The number of aliphatic hydroxyl groups is 1. The van der Waals surface area contributed by atoms with Crippen molar-refractivity contribution < 1.29 is 5.11 Å². The summed E-state index contributed by atoms with van der Waals surface area (Å²) in [6.07, 6.45) is 0. The Hall–Kier alpha value is -1.79. The number of aliphatic hydroxyl groups excluding tert-OH is 1. The number of hydrogen-bond donors (Lipinski definition) is 1. The van der Waals surface area contributed by atoms with Crippen LogP contribution in [0.2, 0.25) is 15.1 Å². The lowest BCUT2D eigenvalue weighted by Crippen LogP contribution is -2.26. The number of rotatable bonds is 2. The first kappa shape index (κ1) is 15.7. The molecule has 5 nitrogen and oxygen atoms in total. The summed E-state index contributed by atoms with van der Waals surface area (Å²) in [7, 11) is 0. The summed E-state index contributed by atoms with van der Waals surface area (Å²) < 4.78 is 1.70. The number of nitrogens with zero attached hydrogens (tertiary/aromatic N) is 4. The van der Waals surface area contributed by atoms with E-state index in [1.807, 2.05) is 29.2 Å². The van der Waals surface area contributed by atoms with Gasteiger partial charge in [-0.05, 0) is 36.4 Å². The Morgan fingerprint density at radius 3 is 2.38 bits per heavy atom. The maximum absolute atomic E-state index is 9.33. The van der Waals surface area contributed by atoms with Gasteiger partial charge < -0.3 is 10.0 Å². The highest BCUT2D eigenvalue weighted by molar-refractivity contribution is 6.36. The zero-order chi connectivity index (χ0) is 16.8. The Kier molecular flexibility index (Phi) is 3.89. The third-order valence-electron chi connectivity index (χ3n) is 3.82. The molecule has 122 valence electrons. The monoisotopic (exact) mass is 380 g/mol. The van der Waals surface area contributed by atoms with Crippen molar-refractivity contribution >= 4 is 46.2 Å². The molecule has 0 saturated heterocycles. The van der Waals surface area contributed by atoms with Crippen LogP contribution in [0.25, 0.3) is 5.69 Å². The van der Waals surface area contributed by atoms with Gasteiger partial charge in [0.05, 0.1) is 28.6 Å². The molecule has 0 radical (unpaired) electrons. The molecular weight excluding hydrogens is 371 g/mol. The molecule has 0 aliphatic carbocycles. The van der Waals surface area contributed by atoms with Gasteiger partial charge in [0.2, 0.25) is 0 Å². The predicted molar refractivity (Wildman–Crippen MR) is 94.6 cm³/mol. The van der Waals surface area contributed by atoms with Crippen molar-refractivity contribution in [3.8, 4) is 5.69 Å². The van der Waals surface area contributed by atoms with E-state index in [0.29, 0.717) is 33.3 Å². The van der Waals surface area contributed by atoms with Crippen molar-refractivity contribution in [1.29, 1.82) is 0 Å². The van der Waals surface area contributed by atoms with E-state index in [1.54, 1.807) is 16.8 Å². The number of fused-ring (bicyclic) bond motifs is 3. The lowest BCUT2D eigenvalue weighted by molar-refractivity contribution is 0.271. The minimum Gasteiger partial charge on any atom is -0.388 e. The highest BCUT2D eigenvalue weighted by Crippen LogP contribution is 2.41. The van der Waals surface area contributed by atoms with Gasteiger partial charge in [-0.3, -0.25) is 0 Å². The lowest BCUT2D eigenvalue weighted by atomic mass is 10.1. The molecule has 1 N–H and O–H groups in total. The maximum Gasteiger partial charge on any atom is 0.176 e. The fraction of sp³-hybridized carbons (Fsp3) is 0.125. The number of aromatic nitrogens is 3. The standard InChI is InChI=1S/C16H11Cl3N4O/c17-9-1-3-12(11(19)5-9)22-7-16-20-15(8-24)21-23(16)14-6-10(18)2-4-13(14)22/h1-6,24H,7-8H2. The van der Waals surface area contributed by atoms with E-state index in [-0.39, 0.29) is 6.61 Å². The van der Waals surface area contributed by atoms with Crippen LogP contribution in [0.3, 0.4) is 0 Å². The average Bonchev–Trinajstić information content (AvgIpc) is 2.97. The molecule has 3 aromatic rings. The topological polar surface area (TPSA) is 54.2 Å². The largest absolute Gasteiger partial charge is 0.388 e. The van der Waals surface area contributed by atoms with E-state index in [1.165, 1.54) is 0 Å². The van der Waals surface area contributed by atoms with Crippen molar-refractivity contribution in [2.75, 3.05) is 4.90 Å². The second-order valence-corrected chi connectivity index (χ2v) is 6.61. The Balaban J connectivity index is 1.92. The zero-order valence-electron chi connectivity index (χ0n) is 12.2. The van der Waals surface area contributed by atoms with Gasteiger partial charge in [-0.15, -0.1) is 5.10 Å². The number of hydrogen-bond acceptors (Lipinski definition) is 4. The van der Waals surface area contributed by atoms with Gasteiger partial charge >= 0.3 is 0 Å². The Labute approximate surface area is 153 Å². The number of anilines is 2. The number of halogens is 3. The van der Waals surface area contributed by atoms with Crippen LogP contribution in [0.1, 0.15) is 11.6 Å². The fourth-order valence-corrected chi connectivity index (χ4v) is 3.47. The normalized spacial score (nSPS) is 12.9. The first-order valence-electron chi connectivity index (χ1n) is 7.15.